The van der Waals surface area contributed by atoms with E-state index >= 15 is 0 Å². The Hall–Kier alpha value is -0.880. The summed E-state index contributed by atoms with van der Waals surface area (Å²) >= 11 is 0. The molecule has 0 saturated carbocycles. The molecule has 0 aromatic carbocycles. The van der Waals surface area contributed by atoms with Crippen LogP contribution in [0.25, 0.3) is 0 Å². The number of hydrogen-bond acceptors (Lipinski definition) is 5. The summed E-state index contributed by atoms with van der Waals surface area (Å²) in [6, 6.07) is 0. The predicted molar refractivity (Wildman–Crippen MR) is 35.7 cm³/mol. The highest BCUT2D eigenvalue weighted by Crippen LogP contribution is 1.84. The van der Waals surface area contributed by atoms with E-state index in [1.165, 1.54) is 0 Å². The van der Waals surface area contributed by atoms with E-state index < -0.39 is 28.4 Å². The Morgan fingerprint density at radius 1 is 1.64 bits per heavy atom. The minimum Gasteiger partial charge on any atom is -0.748 e. The van der Waals surface area contributed by atoms with Crippen LogP contribution in [0.3, 0.4) is 0 Å². The van der Waals surface area contributed by atoms with Crippen LogP contribution in [0.4, 0.5) is 0 Å². The number of carbonyl (C=O) groups is 1. The van der Waals surface area contributed by atoms with Gasteiger partial charge in [0, 0.05) is 6.08 Å². The van der Waals surface area contributed by atoms with Crippen molar-refractivity contribution in [2.24, 2.45) is 0 Å². The van der Waals surface area contributed by atoms with E-state index in [9.17, 15) is 17.8 Å². The second kappa shape index (κ2) is 4.09. The maximum absolute atomic E-state index is 10.3. The molecule has 0 spiro atoms. The van der Waals surface area contributed by atoms with Gasteiger partial charge in [0.2, 0.25) is 0 Å². The third-order valence-electron chi connectivity index (χ3n) is 0.744. The lowest BCUT2D eigenvalue weighted by Crippen LogP contribution is -2.13. The zero-order chi connectivity index (χ0) is 8.91. The normalized spacial score (nSPS) is 10.6. The summed E-state index contributed by atoms with van der Waals surface area (Å²) in [6.07, 6.45) is 0.886. The van der Waals surface area contributed by atoms with E-state index in [-0.39, 0.29) is 0 Å². The van der Waals surface area contributed by atoms with Crippen LogP contribution in [-0.4, -0.2) is 31.3 Å². The van der Waals surface area contributed by atoms with Crippen molar-refractivity contribution < 1.29 is 22.5 Å². The highest BCUT2D eigenvalue weighted by molar-refractivity contribution is 7.85. The smallest absolute Gasteiger partial charge is 0.330 e. The molecule has 0 rings (SSSR count). The number of esters is 1. The van der Waals surface area contributed by atoms with Gasteiger partial charge in [0.15, 0.2) is 0 Å². The van der Waals surface area contributed by atoms with Gasteiger partial charge in [0.05, 0.1) is 15.9 Å². The fraction of sp³-hybridized carbons (Fsp3) is 0.400. The lowest BCUT2D eigenvalue weighted by Gasteiger charge is -2.05. The summed E-state index contributed by atoms with van der Waals surface area (Å²) in [5, 5.41) is 0. The monoisotopic (exact) mass is 179 g/mol. The van der Waals surface area contributed by atoms with Gasteiger partial charge in [-0.3, -0.25) is 0 Å². The summed E-state index contributed by atoms with van der Waals surface area (Å²) < 4.78 is 34.0. The third-order valence-corrected chi connectivity index (χ3v) is 1.41. The molecule has 0 radical (unpaired) electrons. The lowest BCUT2D eigenvalue weighted by atomic mass is 10.6. The first-order valence-electron chi connectivity index (χ1n) is 2.68. The molecule has 0 aromatic rings. The Kier molecular flexibility index (Phi) is 3.77. The van der Waals surface area contributed by atoms with Gasteiger partial charge in [-0.15, -0.1) is 0 Å². The van der Waals surface area contributed by atoms with Crippen molar-refractivity contribution in [3.8, 4) is 0 Å². The molecular formula is C5H7O5S-. The second-order valence-corrected chi connectivity index (χ2v) is 3.16. The summed E-state index contributed by atoms with van der Waals surface area (Å²) in [4.78, 5) is 10.3. The van der Waals surface area contributed by atoms with E-state index in [1.54, 1.807) is 0 Å². The molecule has 6 heteroatoms. The zero-order valence-corrected chi connectivity index (χ0v) is 6.46. The second-order valence-electron chi connectivity index (χ2n) is 1.63. The van der Waals surface area contributed by atoms with Gasteiger partial charge in [-0.1, -0.05) is 6.58 Å². The van der Waals surface area contributed by atoms with Crippen molar-refractivity contribution in [1.82, 2.24) is 0 Å². The molecule has 0 aliphatic heterocycles. The van der Waals surface area contributed by atoms with Crippen LogP contribution in [0, 0.1) is 0 Å². The average molecular weight is 179 g/mol. The Balaban J connectivity index is 3.59. The van der Waals surface area contributed by atoms with E-state index in [1.807, 2.05) is 0 Å². The van der Waals surface area contributed by atoms with Crippen molar-refractivity contribution in [1.29, 1.82) is 0 Å². The van der Waals surface area contributed by atoms with E-state index in [0.29, 0.717) is 0 Å². The average Bonchev–Trinajstić information content (AvgIpc) is 1.85. The van der Waals surface area contributed by atoms with Gasteiger partial charge in [0.1, 0.15) is 6.61 Å². The van der Waals surface area contributed by atoms with E-state index in [4.69, 9.17) is 0 Å². The number of ether oxygens (including phenoxy) is 1. The maximum Gasteiger partial charge on any atom is 0.330 e. The van der Waals surface area contributed by atoms with Crippen LogP contribution >= 0.6 is 0 Å². The molecule has 0 aromatic heterocycles. The Labute approximate surface area is 64.4 Å². The molecular weight excluding hydrogens is 172 g/mol. The van der Waals surface area contributed by atoms with Gasteiger partial charge < -0.3 is 9.29 Å². The van der Waals surface area contributed by atoms with Crippen molar-refractivity contribution >= 4 is 16.1 Å². The Morgan fingerprint density at radius 2 is 2.18 bits per heavy atom. The first-order chi connectivity index (χ1) is 4.95. The molecule has 0 N–H and O–H groups in total. The standard InChI is InChI=1S/C5H8O5S/c1-2-5(6)10-3-4-11(7,8)9/h2H,1,3-4H2,(H,7,8,9)/p-1. The van der Waals surface area contributed by atoms with Gasteiger partial charge in [0.25, 0.3) is 0 Å². The maximum atomic E-state index is 10.3. The first kappa shape index (κ1) is 10.1. The SMILES string of the molecule is C=CC(=O)OCCS(=O)(=O)[O-]. The lowest BCUT2D eigenvalue weighted by molar-refractivity contribution is -0.137. The minimum absolute atomic E-state index is 0.420. The fourth-order valence-electron chi connectivity index (χ4n) is 0.303. The Morgan fingerprint density at radius 3 is 2.55 bits per heavy atom. The molecule has 0 aliphatic rings. The van der Waals surface area contributed by atoms with Crippen LogP contribution in [0.5, 0.6) is 0 Å². The van der Waals surface area contributed by atoms with Crippen molar-refractivity contribution in [3.63, 3.8) is 0 Å². The number of hydrogen-bond donors (Lipinski definition) is 0. The predicted octanol–water partition coefficient (Wildman–Crippen LogP) is -0.739. The summed E-state index contributed by atoms with van der Waals surface area (Å²) in [5.74, 6) is -1.44. The molecule has 0 fully saturated rings. The summed E-state index contributed by atoms with van der Waals surface area (Å²) in [6.45, 7) is 2.65. The van der Waals surface area contributed by atoms with E-state index in [2.05, 4.69) is 11.3 Å². The van der Waals surface area contributed by atoms with Crippen molar-refractivity contribution in [2.75, 3.05) is 12.4 Å². The van der Waals surface area contributed by atoms with Crippen LogP contribution in [0.2, 0.25) is 0 Å². The molecule has 11 heavy (non-hydrogen) atoms. The van der Waals surface area contributed by atoms with Gasteiger partial charge >= 0.3 is 5.97 Å². The molecule has 64 valence electrons. The van der Waals surface area contributed by atoms with Crippen LogP contribution in [0.15, 0.2) is 12.7 Å². The molecule has 0 heterocycles. The Bertz CT molecular complexity index is 240. The van der Waals surface area contributed by atoms with Gasteiger partial charge in [-0.25, -0.2) is 13.2 Å². The molecule has 0 amide bonds. The first-order valence-corrected chi connectivity index (χ1v) is 4.26. The van der Waals surface area contributed by atoms with Gasteiger partial charge in [-0.05, 0) is 0 Å². The highest BCUT2D eigenvalue weighted by atomic mass is 32.2. The molecule has 0 unspecified atom stereocenters. The third kappa shape index (κ3) is 7.01. The highest BCUT2D eigenvalue weighted by Gasteiger charge is 1.98. The topological polar surface area (TPSA) is 83.5 Å². The molecule has 0 bridgehead atoms. The molecule has 5 nitrogen and oxygen atoms in total. The zero-order valence-electron chi connectivity index (χ0n) is 5.65. The van der Waals surface area contributed by atoms with Crippen LogP contribution < -0.4 is 0 Å². The fourth-order valence-corrected chi connectivity index (χ4v) is 0.591. The van der Waals surface area contributed by atoms with Crippen molar-refractivity contribution in [2.45, 2.75) is 0 Å². The van der Waals surface area contributed by atoms with Gasteiger partial charge in [-0.2, -0.15) is 0 Å². The number of carbonyl (C=O) groups excluding carboxylic acids is 1. The molecule has 0 aliphatic carbocycles. The summed E-state index contributed by atoms with van der Waals surface area (Å²) in [5.41, 5.74) is 0. The van der Waals surface area contributed by atoms with Crippen LogP contribution in [0.1, 0.15) is 0 Å². The molecule has 0 saturated heterocycles. The van der Waals surface area contributed by atoms with Crippen LogP contribution in [-0.2, 0) is 19.6 Å². The largest absolute Gasteiger partial charge is 0.748 e. The minimum atomic E-state index is -4.29. The van der Waals surface area contributed by atoms with Crippen molar-refractivity contribution in [3.05, 3.63) is 12.7 Å². The quantitative estimate of drug-likeness (QED) is 0.322. The summed E-state index contributed by atoms with van der Waals surface area (Å²) in [7, 11) is -4.29. The molecule has 0 atom stereocenters. The van der Waals surface area contributed by atoms with E-state index in [0.717, 1.165) is 6.08 Å². The number of rotatable bonds is 4.